The second-order valence-electron chi connectivity index (χ2n) is 7.24. The van der Waals surface area contributed by atoms with E-state index in [1.54, 1.807) is 19.2 Å². The number of hydrogen-bond acceptors (Lipinski definition) is 5. The highest BCUT2D eigenvalue weighted by Gasteiger charge is 2.26. The summed E-state index contributed by atoms with van der Waals surface area (Å²) in [6.07, 6.45) is 2.98. The molecule has 1 N–H and O–H groups in total. The quantitative estimate of drug-likeness (QED) is 0.646. The molecule has 3 aromatic rings. The first-order chi connectivity index (χ1) is 14.0. The van der Waals surface area contributed by atoms with Gasteiger partial charge in [-0.1, -0.05) is 19.1 Å². The number of H-pyrrole nitrogens is 1. The molecule has 1 aliphatic heterocycles. The fraction of sp³-hybridized carbons (Fsp3) is 0.304. The van der Waals surface area contributed by atoms with Crippen molar-refractivity contribution in [3.05, 3.63) is 64.8 Å². The van der Waals surface area contributed by atoms with Gasteiger partial charge >= 0.3 is 11.9 Å². The van der Waals surface area contributed by atoms with Crippen molar-refractivity contribution in [3.8, 4) is 5.75 Å². The molecular formula is C23H23NO5. The van der Waals surface area contributed by atoms with Crippen LogP contribution in [-0.4, -0.2) is 31.1 Å². The molecule has 1 fully saturated rings. The molecule has 0 bridgehead atoms. The number of carbonyl (C=O) groups excluding carboxylic acids is 2. The molecule has 0 saturated carbocycles. The Balaban J connectivity index is 1.72. The molecule has 6 heteroatoms. The van der Waals surface area contributed by atoms with Gasteiger partial charge in [-0.2, -0.15) is 0 Å². The Morgan fingerprint density at radius 2 is 2.00 bits per heavy atom. The van der Waals surface area contributed by atoms with E-state index in [0.717, 1.165) is 27.6 Å². The Morgan fingerprint density at radius 1 is 1.17 bits per heavy atom. The fourth-order valence-electron chi connectivity index (χ4n) is 3.96. The molecule has 0 radical (unpaired) electrons. The van der Waals surface area contributed by atoms with E-state index >= 15 is 0 Å². The maximum absolute atomic E-state index is 11.8. The van der Waals surface area contributed by atoms with Gasteiger partial charge in [0.2, 0.25) is 0 Å². The first kappa shape index (κ1) is 19.1. The third kappa shape index (κ3) is 3.46. The number of esters is 2. The fourth-order valence-corrected chi connectivity index (χ4v) is 3.96. The highest BCUT2D eigenvalue weighted by Crippen LogP contribution is 2.38. The van der Waals surface area contributed by atoms with Gasteiger partial charge in [-0.25, -0.2) is 4.79 Å². The first-order valence-corrected chi connectivity index (χ1v) is 9.58. The molecular weight excluding hydrogens is 370 g/mol. The number of aromatic nitrogens is 1. The van der Waals surface area contributed by atoms with Crippen LogP contribution >= 0.6 is 0 Å². The van der Waals surface area contributed by atoms with E-state index < -0.39 is 5.97 Å². The standard InChI is InChI=1S/C23H23NO5/c1-13(16-6-4-15(23(26)28-3)11-21(16)27-2)18-12-24-19-7-5-14(10-17(18)19)20-8-9-22(25)29-20/h4-7,10-13,20,24H,8-9H2,1-3H3. The largest absolute Gasteiger partial charge is 0.496 e. The summed E-state index contributed by atoms with van der Waals surface area (Å²) in [5.41, 5.74) is 4.55. The number of nitrogens with one attached hydrogen (secondary N) is 1. The lowest BCUT2D eigenvalue weighted by Gasteiger charge is -2.17. The van der Waals surface area contributed by atoms with Crippen LogP contribution < -0.4 is 4.74 Å². The first-order valence-electron chi connectivity index (χ1n) is 9.58. The number of rotatable bonds is 5. The number of hydrogen-bond donors (Lipinski definition) is 1. The van der Waals surface area contributed by atoms with Crippen LogP contribution in [0.15, 0.2) is 42.6 Å². The van der Waals surface area contributed by atoms with Gasteiger partial charge in [-0.15, -0.1) is 0 Å². The van der Waals surface area contributed by atoms with Gasteiger partial charge in [0.25, 0.3) is 0 Å². The van der Waals surface area contributed by atoms with Gasteiger partial charge in [0, 0.05) is 35.0 Å². The smallest absolute Gasteiger partial charge is 0.337 e. The lowest BCUT2D eigenvalue weighted by Crippen LogP contribution is -2.05. The number of carbonyl (C=O) groups is 2. The average molecular weight is 393 g/mol. The zero-order chi connectivity index (χ0) is 20.5. The SMILES string of the molecule is COC(=O)c1ccc(C(C)c2c[nH]c3ccc(C4CCC(=O)O4)cc23)c(OC)c1. The van der Waals surface area contributed by atoms with Gasteiger partial charge < -0.3 is 19.2 Å². The summed E-state index contributed by atoms with van der Waals surface area (Å²) in [7, 11) is 2.95. The van der Waals surface area contributed by atoms with Gasteiger partial charge in [0.1, 0.15) is 11.9 Å². The lowest BCUT2D eigenvalue weighted by molar-refractivity contribution is -0.141. The van der Waals surface area contributed by atoms with Crippen LogP contribution in [0.5, 0.6) is 5.75 Å². The summed E-state index contributed by atoms with van der Waals surface area (Å²) < 4.78 is 15.8. The predicted octanol–water partition coefficient (Wildman–Crippen LogP) is 4.49. The minimum absolute atomic E-state index is 0.0202. The molecule has 0 amide bonds. The van der Waals surface area contributed by atoms with Crippen molar-refractivity contribution >= 4 is 22.8 Å². The number of aromatic amines is 1. The Labute approximate surface area is 168 Å². The zero-order valence-corrected chi connectivity index (χ0v) is 16.7. The molecule has 1 aromatic heterocycles. The molecule has 2 aromatic carbocycles. The van der Waals surface area contributed by atoms with Crippen LogP contribution in [-0.2, 0) is 14.3 Å². The van der Waals surface area contributed by atoms with E-state index in [-0.39, 0.29) is 18.0 Å². The van der Waals surface area contributed by atoms with Crippen molar-refractivity contribution in [1.82, 2.24) is 4.98 Å². The van der Waals surface area contributed by atoms with Crippen molar-refractivity contribution < 1.29 is 23.8 Å². The molecule has 150 valence electrons. The normalized spacial score (nSPS) is 17.2. The summed E-state index contributed by atoms with van der Waals surface area (Å²) in [5, 5.41) is 1.08. The minimum atomic E-state index is -0.398. The number of benzene rings is 2. The molecule has 2 unspecified atom stereocenters. The third-order valence-corrected chi connectivity index (χ3v) is 5.58. The van der Waals surface area contributed by atoms with Gasteiger partial charge in [0.05, 0.1) is 19.8 Å². The maximum Gasteiger partial charge on any atom is 0.337 e. The van der Waals surface area contributed by atoms with E-state index in [1.807, 2.05) is 24.4 Å². The molecule has 2 heterocycles. The van der Waals surface area contributed by atoms with Crippen LogP contribution in [0.1, 0.15) is 58.8 Å². The van der Waals surface area contributed by atoms with Crippen LogP contribution in [0.2, 0.25) is 0 Å². The topological polar surface area (TPSA) is 77.6 Å². The van der Waals surface area contributed by atoms with E-state index in [9.17, 15) is 9.59 Å². The van der Waals surface area contributed by atoms with E-state index in [1.165, 1.54) is 7.11 Å². The van der Waals surface area contributed by atoms with Crippen molar-refractivity contribution in [2.45, 2.75) is 31.8 Å². The number of methoxy groups -OCH3 is 2. The van der Waals surface area contributed by atoms with Crippen molar-refractivity contribution in [2.24, 2.45) is 0 Å². The van der Waals surface area contributed by atoms with Gasteiger partial charge in [0.15, 0.2) is 0 Å². The number of ether oxygens (including phenoxy) is 3. The summed E-state index contributed by atoms with van der Waals surface area (Å²) in [6.45, 7) is 2.10. The summed E-state index contributed by atoms with van der Waals surface area (Å²) >= 11 is 0. The zero-order valence-electron chi connectivity index (χ0n) is 16.7. The number of cyclic esters (lactones) is 1. The summed E-state index contributed by atoms with van der Waals surface area (Å²) in [6, 6.07) is 11.5. The molecule has 29 heavy (non-hydrogen) atoms. The van der Waals surface area contributed by atoms with Crippen LogP contribution in [0.25, 0.3) is 10.9 Å². The molecule has 0 aliphatic carbocycles. The van der Waals surface area contributed by atoms with Gasteiger partial charge in [-0.05, 0) is 41.8 Å². The third-order valence-electron chi connectivity index (χ3n) is 5.58. The van der Waals surface area contributed by atoms with E-state index in [2.05, 4.69) is 18.0 Å². The Bertz CT molecular complexity index is 1080. The molecule has 0 spiro atoms. The van der Waals surface area contributed by atoms with E-state index in [4.69, 9.17) is 14.2 Å². The van der Waals surface area contributed by atoms with Crippen molar-refractivity contribution in [2.75, 3.05) is 14.2 Å². The molecule has 6 nitrogen and oxygen atoms in total. The monoisotopic (exact) mass is 393 g/mol. The Morgan fingerprint density at radius 3 is 2.69 bits per heavy atom. The second kappa shape index (κ2) is 7.62. The lowest BCUT2D eigenvalue weighted by atomic mass is 9.90. The number of fused-ring (bicyclic) bond motifs is 1. The molecule has 1 saturated heterocycles. The molecule has 4 rings (SSSR count). The predicted molar refractivity (Wildman–Crippen MR) is 108 cm³/mol. The van der Waals surface area contributed by atoms with Crippen LogP contribution in [0.4, 0.5) is 0 Å². The minimum Gasteiger partial charge on any atom is -0.496 e. The van der Waals surface area contributed by atoms with Crippen LogP contribution in [0, 0.1) is 0 Å². The summed E-state index contributed by atoms with van der Waals surface area (Å²) in [5.74, 6) is 0.112. The Hall–Kier alpha value is -3.28. The maximum atomic E-state index is 11.8. The van der Waals surface area contributed by atoms with Crippen molar-refractivity contribution in [1.29, 1.82) is 0 Å². The molecule has 1 aliphatic rings. The van der Waals surface area contributed by atoms with E-state index in [0.29, 0.717) is 24.2 Å². The molecule has 2 atom stereocenters. The average Bonchev–Trinajstić information content (AvgIpc) is 3.37. The Kier molecular flexibility index (Phi) is 5.01. The second-order valence-corrected chi connectivity index (χ2v) is 7.24. The van der Waals surface area contributed by atoms with Gasteiger partial charge in [-0.3, -0.25) is 4.79 Å². The highest BCUT2D eigenvalue weighted by atomic mass is 16.5. The highest BCUT2D eigenvalue weighted by molar-refractivity contribution is 5.90. The van der Waals surface area contributed by atoms with Crippen molar-refractivity contribution in [3.63, 3.8) is 0 Å². The summed E-state index contributed by atoms with van der Waals surface area (Å²) in [4.78, 5) is 26.6. The van der Waals surface area contributed by atoms with Crippen LogP contribution in [0.3, 0.4) is 0 Å².